The van der Waals surface area contributed by atoms with Crippen molar-refractivity contribution in [3.8, 4) is 59.5 Å². The van der Waals surface area contributed by atoms with Gasteiger partial charge in [-0.1, -0.05) is 0 Å². The predicted octanol–water partition coefficient (Wildman–Crippen LogP) is 3.95. The van der Waals surface area contributed by atoms with E-state index in [0.29, 0.717) is 0 Å². The fourth-order valence-electron chi connectivity index (χ4n) is 3.19. The molecule has 10 nitrogen and oxygen atoms in total. The number of halogens is 6. The Bertz CT molecular complexity index is 1210. The van der Waals surface area contributed by atoms with Crippen molar-refractivity contribution >= 4 is 0 Å². The summed E-state index contributed by atoms with van der Waals surface area (Å²) < 4.78 is 104. The molecule has 0 unspecified atom stereocenters. The highest BCUT2D eigenvalue weighted by Crippen LogP contribution is 2.63. The van der Waals surface area contributed by atoms with Crippen LogP contribution in [0.15, 0.2) is 24.3 Å². The molecule has 0 amide bonds. The Labute approximate surface area is 190 Å². The number of phenols is 2. The lowest BCUT2D eigenvalue weighted by atomic mass is 9.71. The highest BCUT2D eigenvalue weighted by Gasteiger charge is 2.75. The molecular formula is C19H6F6N4O6. The molecule has 0 aliphatic rings. The topological polar surface area (TPSA) is 173 Å². The van der Waals surface area contributed by atoms with E-state index in [0.717, 1.165) is 25.0 Å². The van der Waals surface area contributed by atoms with Crippen molar-refractivity contribution in [2.24, 2.45) is 0 Å². The SMILES string of the molecule is N#COc1c(O)ccc(C(c2ccc(O)c(OC#N)c2OC#N)(C(F)(F)F)C(F)(F)F)c1OC#N. The van der Waals surface area contributed by atoms with Crippen LogP contribution >= 0.6 is 0 Å². The minimum absolute atomic E-state index is 0.0705. The van der Waals surface area contributed by atoms with Gasteiger partial charge in [0.2, 0.25) is 16.9 Å². The number of phenolic OH excluding ortho intramolecular Hbond substituents is 2. The second-order valence-corrected chi connectivity index (χ2v) is 6.10. The van der Waals surface area contributed by atoms with Crippen molar-refractivity contribution in [1.29, 1.82) is 21.0 Å². The molecule has 16 heteroatoms. The Hall–Kier alpha value is -5.22. The van der Waals surface area contributed by atoms with Crippen LogP contribution in [0.5, 0.6) is 34.5 Å². The lowest BCUT2D eigenvalue weighted by molar-refractivity contribution is -0.289. The molecule has 0 fully saturated rings. The lowest BCUT2D eigenvalue weighted by Crippen LogP contribution is -2.55. The molecule has 0 aliphatic heterocycles. The van der Waals surface area contributed by atoms with Crippen molar-refractivity contribution in [2.75, 3.05) is 0 Å². The van der Waals surface area contributed by atoms with Gasteiger partial charge in [-0.3, -0.25) is 0 Å². The average molecular weight is 500 g/mol. The first-order valence-electron chi connectivity index (χ1n) is 8.43. The summed E-state index contributed by atoms with van der Waals surface area (Å²) in [5.41, 5.74) is -9.14. The third kappa shape index (κ3) is 4.12. The van der Waals surface area contributed by atoms with Crippen molar-refractivity contribution in [3.05, 3.63) is 35.4 Å². The molecule has 2 aromatic rings. The second-order valence-electron chi connectivity index (χ2n) is 6.10. The first-order valence-corrected chi connectivity index (χ1v) is 8.43. The van der Waals surface area contributed by atoms with Gasteiger partial charge < -0.3 is 29.2 Å². The smallest absolute Gasteiger partial charge is 0.411 e. The van der Waals surface area contributed by atoms with Gasteiger partial charge in [-0.05, 0) is 24.3 Å². The van der Waals surface area contributed by atoms with E-state index in [1.54, 1.807) is 0 Å². The minimum Gasteiger partial charge on any atom is -0.504 e. The highest BCUT2D eigenvalue weighted by atomic mass is 19.4. The summed E-state index contributed by atoms with van der Waals surface area (Å²) in [6, 6.07) is 0.717. The summed E-state index contributed by atoms with van der Waals surface area (Å²) in [4.78, 5) is 0. The maximum absolute atomic E-state index is 14.6. The first-order chi connectivity index (χ1) is 16.3. The van der Waals surface area contributed by atoms with E-state index < -0.39 is 63.4 Å². The van der Waals surface area contributed by atoms with Crippen LogP contribution in [0.2, 0.25) is 0 Å². The molecule has 0 aromatic heterocycles. The molecule has 2 N–H and O–H groups in total. The van der Waals surface area contributed by atoms with Crippen molar-refractivity contribution < 1.29 is 55.5 Å². The fraction of sp³-hybridized carbons (Fsp3) is 0.158. The molecule has 0 spiro atoms. The Kier molecular flexibility index (Phi) is 6.94. The number of nitriles is 4. The molecule has 0 heterocycles. The molecule has 0 saturated heterocycles. The lowest BCUT2D eigenvalue weighted by Gasteiger charge is -2.39. The van der Waals surface area contributed by atoms with Gasteiger partial charge in [0.1, 0.15) is 0 Å². The number of rotatable bonds is 6. The van der Waals surface area contributed by atoms with E-state index in [2.05, 4.69) is 18.9 Å². The van der Waals surface area contributed by atoms with Crippen LogP contribution in [-0.2, 0) is 5.41 Å². The van der Waals surface area contributed by atoms with E-state index in [1.165, 1.54) is 0 Å². The molecule has 2 aromatic carbocycles. The van der Waals surface area contributed by atoms with Crippen LogP contribution in [0.25, 0.3) is 0 Å². The van der Waals surface area contributed by atoms with Gasteiger partial charge in [-0.2, -0.15) is 26.3 Å². The third-order valence-corrected chi connectivity index (χ3v) is 4.43. The largest absolute Gasteiger partial charge is 0.504 e. The van der Waals surface area contributed by atoms with E-state index in [4.69, 9.17) is 21.0 Å². The van der Waals surface area contributed by atoms with E-state index >= 15 is 0 Å². The zero-order valence-electron chi connectivity index (χ0n) is 16.4. The van der Waals surface area contributed by atoms with Crippen molar-refractivity contribution in [2.45, 2.75) is 17.8 Å². The molecule has 0 radical (unpaired) electrons. The van der Waals surface area contributed by atoms with Gasteiger partial charge in [0.05, 0.1) is 0 Å². The number of ether oxygens (including phenoxy) is 4. The van der Waals surface area contributed by atoms with Crippen LogP contribution in [0.3, 0.4) is 0 Å². The van der Waals surface area contributed by atoms with Crippen LogP contribution in [-0.4, -0.2) is 22.6 Å². The van der Waals surface area contributed by atoms with Gasteiger partial charge in [0, 0.05) is 11.1 Å². The third-order valence-electron chi connectivity index (χ3n) is 4.43. The number of hydrogen-bond donors (Lipinski definition) is 2. The predicted molar refractivity (Wildman–Crippen MR) is 94.1 cm³/mol. The zero-order chi connectivity index (χ0) is 26.6. The van der Waals surface area contributed by atoms with Crippen LogP contribution in [0.4, 0.5) is 26.3 Å². The average Bonchev–Trinajstić information content (AvgIpc) is 2.74. The van der Waals surface area contributed by atoms with Crippen LogP contribution in [0.1, 0.15) is 11.1 Å². The zero-order valence-corrected chi connectivity index (χ0v) is 16.4. The minimum atomic E-state index is -6.39. The normalized spacial score (nSPS) is 11.3. The molecule has 0 saturated carbocycles. The van der Waals surface area contributed by atoms with Crippen LogP contribution < -0.4 is 18.9 Å². The van der Waals surface area contributed by atoms with Gasteiger partial charge in [-0.25, -0.2) is 0 Å². The standard InChI is InChI=1S/C19H6F6N4O6/c20-18(21,22)17(19(23,24)25,9-1-3-11(30)15(34-7-28)13(9)32-5-26)10-2-4-12(31)16(35-8-29)14(10)33-6-27/h1-4,30-31H. The molecule has 0 bridgehead atoms. The summed E-state index contributed by atoms with van der Waals surface area (Å²) in [7, 11) is 0. The molecule has 0 aliphatic carbocycles. The van der Waals surface area contributed by atoms with E-state index in [9.17, 15) is 36.6 Å². The summed E-state index contributed by atoms with van der Waals surface area (Å²) in [5, 5.41) is 54.8. The summed E-state index contributed by atoms with van der Waals surface area (Å²) in [6.45, 7) is 0. The van der Waals surface area contributed by atoms with Gasteiger partial charge in [0.15, 0.2) is 23.0 Å². The summed E-state index contributed by atoms with van der Waals surface area (Å²) in [5.74, 6) is -8.43. The monoisotopic (exact) mass is 500 g/mol. The Balaban J connectivity index is 3.30. The molecule has 2 rings (SSSR count). The molecule has 0 atom stereocenters. The van der Waals surface area contributed by atoms with Crippen molar-refractivity contribution in [3.63, 3.8) is 0 Å². The maximum atomic E-state index is 14.6. The van der Waals surface area contributed by atoms with Crippen molar-refractivity contribution in [1.82, 2.24) is 0 Å². The van der Waals surface area contributed by atoms with Crippen LogP contribution in [0, 0.1) is 46.1 Å². The fourth-order valence-corrected chi connectivity index (χ4v) is 3.19. The number of aromatic hydroxyl groups is 2. The summed E-state index contributed by atoms with van der Waals surface area (Å²) in [6.07, 6.45) is -9.30. The molecule has 180 valence electrons. The van der Waals surface area contributed by atoms with Gasteiger partial charge >= 0.3 is 12.4 Å². The van der Waals surface area contributed by atoms with Gasteiger partial charge in [-0.15, -0.1) is 21.0 Å². The quantitative estimate of drug-likeness (QED) is 0.437. The Morgan fingerprint density at radius 2 is 0.829 bits per heavy atom. The highest BCUT2D eigenvalue weighted by molar-refractivity contribution is 5.67. The maximum Gasteiger partial charge on any atom is 0.411 e. The van der Waals surface area contributed by atoms with E-state index in [-0.39, 0.29) is 24.3 Å². The molecule has 35 heavy (non-hydrogen) atoms. The number of alkyl halides is 6. The second kappa shape index (κ2) is 9.33. The Morgan fingerprint density at radius 3 is 1.09 bits per heavy atom. The number of benzene rings is 2. The number of hydrogen-bond acceptors (Lipinski definition) is 10. The Morgan fingerprint density at radius 1 is 0.543 bits per heavy atom. The number of nitrogens with zero attached hydrogens (tertiary/aromatic N) is 4. The first kappa shape index (κ1) is 26.0. The van der Waals surface area contributed by atoms with Gasteiger partial charge in [0.25, 0.3) is 25.0 Å². The molecular weight excluding hydrogens is 494 g/mol. The van der Waals surface area contributed by atoms with E-state index in [1.807, 2.05) is 0 Å². The summed E-state index contributed by atoms with van der Waals surface area (Å²) >= 11 is 0.